The number of ether oxygens (including phenoxy) is 3. The Morgan fingerprint density at radius 1 is 1.23 bits per heavy atom. The number of carbonyl (C=O) groups is 4. The first-order chi connectivity index (χ1) is 18.4. The summed E-state index contributed by atoms with van der Waals surface area (Å²) in [4.78, 5) is 64.2. The van der Waals surface area contributed by atoms with Gasteiger partial charge in [0.05, 0.1) is 25.3 Å². The van der Waals surface area contributed by atoms with Gasteiger partial charge in [-0.1, -0.05) is 6.92 Å². The van der Waals surface area contributed by atoms with Crippen LogP contribution in [0.4, 0.5) is 11.4 Å². The van der Waals surface area contributed by atoms with Crippen LogP contribution in [0.2, 0.25) is 18.6 Å². The van der Waals surface area contributed by atoms with Gasteiger partial charge in [-0.05, 0) is 50.6 Å². The number of hydrogen-bond acceptors (Lipinski definition) is 9. The highest BCUT2D eigenvalue weighted by Crippen LogP contribution is 2.60. The van der Waals surface area contributed by atoms with Gasteiger partial charge in [-0.2, -0.15) is 0 Å². The van der Waals surface area contributed by atoms with Gasteiger partial charge >= 0.3 is 11.9 Å². The number of aliphatic hydroxyl groups excluding tert-OH is 1. The summed E-state index contributed by atoms with van der Waals surface area (Å²) in [5.41, 5.74) is -0.0593. The number of esters is 2. The lowest BCUT2D eigenvalue weighted by atomic mass is 9.82. The monoisotopic (exact) mass is 562 g/mol. The number of unbranched alkanes of at least 4 members (excludes halogenated alkanes) is 1. The fraction of sp³-hybridized carbons (Fsp3) is 0.630. The summed E-state index contributed by atoms with van der Waals surface area (Å²) in [5, 5.41) is 9.77. The number of benzene rings is 1. The molecule has 0 aromatic heterocycles. The van der Waals surface area contributed by atoms with E-state index in [9.17, 15) is 29.1 Å². The molecule has 2 saturated heterocycles. The molecule has 2 N–H and O–H groups in total. The quantitative estimate of drug-likeness (QED) is 0.190. The van der Waals surface area contributed by atoms with E-state index in [2.05, 4.69) is 0 Å². The normalized spacial score (nSPS) is 28.1. The number of methoxy groups -OCH3 is 1. The van der Waals surface area contributed by atoms with E-state index in [1.165, 1.54) is 18.9 Å². The van der Waals surface area contributed by atoms with Crippen molar-refractivity contribution >= 4 is 43.4 Å². The van der Waals surface area contributed by atoms with Gasteiger partial charge in [0.1, 0.15) is 0 Å². The van der Waals surface area contributed by atoms with E-state index in [-0.39, 0.29) is 49.2 Å². The van der Waals surface area contributed by atoms with Crippen LogP contribution in [0.25, 0.3) is 0 Å². The second kappa shape index (κ2) is 11.0. The molecule has 3 aliphatic heterocycles. The van der Waals surface area contributed by atoms with E-state index in [4.69, 9.17) is 14.2 Å². The van der Waals surface area contributed by atoms with Crippen LogP contribution in [0.3, 0.4) is 0 Å². The summed E-state index contributed by atoms with van der Waals surface area (Å²) in [6.07, 6.45) is 0.412. The van der Waals surface area contributed by atoms with Crippen LogP contribution in [0.1, 0.15) is 51.5 Å². The fourth-order valence-corrected chi connectivity index (χ4v) is 9.06. The van der Waals surface area contributed by atoms with Gasteiger partial charge in [0, 0.05) is 49.2 Å². The molecule has 11 nitrogen and oxygen atoms in total. The Hall–Kier alpha value is -2.80. The lowest BCUT2D eigenvalue weighted by molar-refractivity contribution is -0.154. The second-order valence-electron chi connectivity index (χ2n) is 11.1. The van der Waals surface area contributed by atoms with Gasteiger partial charge in [-0.25, -0.2) is 0 Å². The molecule has 0 aliphatic carbocycles. The molecule has 214 valence electrons. The molecule has 0 radical (unpaired) electrons. The van der Waals surface area contributed by atoms with Crippen LogP contribution in [-0.2, 0) is 39.0 Å². The molecule has 2 fully saturated rings. The van der Waals surface area contributed by atoms with Crippen LogP contribution in [0.5, 0.6) is 0 Å². The van der Waals surface area contributed by atoms with Crippen LogP contribution >= 0.6 is 0 Å². The average Bonchev–Trinajstić information content (AvgIpc) is 3.27. The van der Waals surface area contributed by atoms with Gasteiger partial charge in [0.2, 0.25) is 5.91 Å². The zero-order chi connectivity index (χ0) is 28.7. The van der Waals surface area contributed by atoms with Crippen molar-refractivity contribution in [3.8, 4) is 0 Å². The molecule has 2 amide bonds. The molecule has 3 aliphatic rings. The van der Waals surface area contributed by atoms with E-state index in [0.29, 0.717) is 36.3 Å². The first kappa shape index (κ1) is 29.2. The predicted octanol–water partition coefficient (Wildman–Crippen LogP) is 2.18. The van der Waals surface area contributed by atoms with E-state index in [1.54, 1.807) is 23.1 Å². The van der Waals surface area contributed by atoms with Crippen molar-refractivity contribution in [1.82, 2.24) is 0 Å². The third kappa shape index (κ3) is 5.10. The number of aliphatic hydroxyl groups is 1. The SMILES string of the molecule is COC(=O)CCCCN1C(=O)[C@@]2(O[C@@H](CCO)[C@H]([Si](C)(C)O)[C@H]2C)c2cc(N3C(=O)CC3OC(C)=O)ccc21. The van der Waals surface area contributed by atoms with Crippen molar-refractivity contribution in [3.05, 3.63) is 23.8 Å². The lowest BCUT2D eigenvalue weighted by Crippen LogP contribution is -2.55. The number of amides is 2. The molecule has 0 saturated carbocycles. The molecule has 12 heteroatoms. The van der Waals surface area contributed by atoms with E-state index in [0.717, 1.165) is 0 Å². The van der Waals surface area contributed by atoms with Crippen LogP contribution in [-0.4, -0.2) is 74.6 Å². The molecule has 1 aromatic carbocycles. The van der Waals surface area contributed by atoms with Crippen LogP contribution < -0.4 is 9.80 Å². The van der Waals surface area contributed by atoms with Crippen molar-refractivity contribution in [2.24, 2.45) is 5.92 Å². The Morgan fingerprint density at radius 2 is 1.95 bits per heavy atom. The minimum absolute atomic E-state index is 0.0743. The number of hydrogen-bond donors (Lipinski definition) is 2. The number of carbonyl (C=O) groups excluding carboxylic acids is 4. The topological polar surface area (TPSA) is 143 Å². The second-order valence-corrected chi connectivity index (χ2v) is 15.1. The van der Waals surface area contributed by atoms with E-state index >= 15 is 0 Å². The third-order valence-electron chi connectivity index (χ3n) is 8.11. The zero-order valence-electron chi connectivity index (χ0n) is 23.1. The van der Waals surface area contributed by atoms with E-state index < -0.39 is 38.1 Å². The smallest absolute Gasteiger partial charge is 0.305 e. The molecule has 4 rings (SSSR count). The average molecular weight is 563 g/mol. The highest BCUT2D eigenvalue weighted by Gasteiger charge is 2.66. The van der Waals surface area contributed by atoms with E-state index in [1.807, 2.05) is 20.0 Å². The van der Waals surface area contributed by atoms with Gasteiger partial charge in [-0.15, -0.1) is 0 Å². The van der Waals surface area contributed by atoms with Crippen molar-refractivity contribution in [1.29, 1.82) is 0 Å². The highest BCUT2D eigenvalue weighted by molar-refractivity contribution is 6.71. The molecule has 3 heterocycles. The molecular formula is C27H38N2O9Si. The molecule has 1 spiro atoms. The van der Waals surface area contributed by atoms with Crippen molar-refractivity contribution < 1.29 is 43.3 Å². The molecule has 1 unspecified atom stereocenters. The maximum absolute atomic E-state index is 14.3. The Balaban J connectivity index is 1.75. The van der Waals surface area contributed by atoms with Gasteiger partial charge < -0.3 is 29.0 Å². The highest BCUT2D eigenvalue weighted by atomic mass is 28.4. The molecular weight excluding hydrogens is 524 g/mol. The van der Waals surface area contributed by atoms with Gasteiger partial charge in [0.15, 0.2) is 20.1 Å². The Morgan fingerprint density at radius 3 is 2.54 bits per heavy atom. The molecule has 1 aromatic rings. The van der Waals surface area contributed by atoms with Gasteiger partial charge in [-0.3, -0.25) is 24.1 Å². The summed E-state index contributed by atoms with van der Waals surface area (Å²) in [7, 11) is -1.52. The van der Waals surface area contributed by atoms with Crippen molar-refractivity contribution in [3.63, 3.8) is 0 Å². The van der Waals surface area contributed by atoms with Crippen LogP contribution in [0.15, 0.2) is 18.2 Å². The first-order valence-corrected chi connectivity index (χ1v) is 16.4. The number of anilines is 2. The van der Waals surface area contributed by atoms with Crippen molar-refractivity contribution in [2.45, 2.75) is 82.5 Å². The Kier molecular flexibility index (Phi) is 8.22. The number of nitrogens with zero attached hydrogens (tertiary/aromatic N) is 2. The summed E-state index contributed by atoms with van der Waals surface area (Å²) < 4.78 is 16.6. The van der Waals surface area contributed by atoms with Crippen molar-refractivity contribution in [2.75, 3.05) is 30.1 Å². The minimum atomic E-state index is -2.85. The number of rotatable bonds is 10. The summed E-state index contributed by atoms with van der Waals surface area (Å²) in [5.74, 6) is -1.71. The molecule has 39 heavy (non-hydrogen) atoms. The standard InChI is InChI=1S/C27H38N2O9Si/c1-16-25(39(4,5)35)21(11-13-30)38-27(16)19-14-18(29-22(32)15-23(29)37-17(2)31)9-10-20(19)28(26(27)34)12-7-6-8-24(33)36-3/h9-10,14,16,21,23,25,30,35H,6-8,11-13,15H2,1-5H3/t16-,21+,23?,25-,27+/m1/s1. The maximum atomic E-state index is 14.3. The summed E-state index contributed by atoms with van der Waals surface area (Å²) in [6.45, 7) is 6.99. The summed E-state index contributed by atoms with van der Waals surface area (Å²) >= 11 is 0. The predicted molar refractivity (Wildman–Crippen MR) is 143 cm³/mol. The van der Waals surface area contributed by atoms with Crippen LogP contribution in [0, 0.1) is 5.92 Å². The number of fused-ring (bicyclic) bond motifs is 2. The largest absolute Gasteiger partial charge is 0.469 e. The number of β-lactam (4-membered cyclic amide) rings is 1. The molecule has 5 atom stereocenters. The zero-order valence-corrected chi connectivity index (χ0v) is 24.1. The minimum Gasteiger partial charge on any atom is -0.469 e. The fourth-order valence-electron chi connectivity index (χ4n) is 6.46. The first-order valence-electron chi connectivity index (χ1n) is 13.4. The van der Waals surface area contributed by atoms with Gasteiger partial charge in [0.25, 0.3) is 5.91 Å². The third-order valence-corrected chi connectivity index (χ3v) is 10.6. The summed E-state index contributed by atoms with van der Waals surface area (Å²) in [6, 6.07) is 5.23. The lowest BCUT2D eigenvalue weighted by Gasteiger charge is -2.39. The Labute approximate surface area is 229 Å². The maximum Gasteiger partial charge on any atom is 0.305 e. The Bertz CT molecular complexity index is 1150. The molecule has 0 bridgehead atoms.